The van der Waals surface area contributed by atoms with Crippen LogP contribution in [-0.2, 0) is 6.61 Å². The van der Waals surface area contributed by atoms with E-state index < -0.39 is 0 Å². The first-order valence-electron chi connectivity index (χ1n) is 10.9. The van der Waals surface area contributed by atoms with E-state index in [4.69, 9.17) is 21.1 Å². The van der Waals surface area contributed by atoms with Gasteiger partial charge in [-0.1, -0.05) is 60.1 Å². The molecular formula is C27H27ClN2O3. The maximum Gasteiger partial charge on any atom is 0.257 e. The van der Waals surface area contributed by atoms with Crippen LogP contribution in [0.5, 0.6) is 11.5 Å². The minimum atomic E-state index is -0.0415. The number of carbonyl (C=O) groups is 1. The van der Waals surface area contributed by atoms with Crippen molar-refractivity contribution in [3.63, 3.8) is 0 Å². The molecule has 6 heteroatoms. The van der Waals surface area contributed by atoms with Gasteiger partial charge in [0, 0.05) is 24.2 Å². The number of ether oxygens (including phenoxy) is 2. The SMILES string of the molecule is C=C(NC1CCN(C(=O)c2ccccc2OCc2ccccc2)C1)Oc1cc(Cl)ccc1C. The molecule has 1 saturated heterocycles. The molecule has 33 heavy (non-hydrogen) atoms. The molecule has 1 aliphatic heterocycles. The summed E-state index contributed by atoms with van der Waals surface area (Å²) in [5, 5.41) is 3.89. The van der Waals surface area contributed by atoms with Crippen molar-refractivity contribution in [3.8, 4) is 11.5 Å². The quantitative estimate of drug-likeness (QED) is 0.444. The third-order valence-electron chi connectivity index (χ3n) is 5.58. The lowest BCUT2D eigenvalue weighted by atomic mass is 10.1. The highest BCUT2D eigenvalue weighted by Crippen LogP contribution is 2.25. The number of amides is 1. The molecule has 1 aliphatic rings. The van der Waals surface area contributed by atoms with E-state index in [0.29, 0.717) is 47.7 Å². The van der Waals surface area contributed by atoms with Gasteiger partial charge in [0.1, 0.15) is 18.1 Å². The predicted molar refractivity (Wildman–Crippen MR) is 131 cm³/mol. The number of nitrogens with one attached hydrogen (secondary N) is 1. The highest BCUT2D eigenvalue weighted by molar-refractivity contribution is 6.30. The number of carbonyl (C=O) groups excluding carboxylic acids is 1. The molecule has 1 atom stereocenters. The molecule has 0 radical (unpaired) electrons. The van der Waals surface area contributed by atoms with Gasteiger partial charge in [0.25, 0.3) is 5.91 Å². The first-order valence-corrected chi connectivity index (χ1v) is 11.3. The second-order valence-corrected chi connectivity index (χ2v) is 8.52. The van der Waals surface area contributed by atoms with Gasteiger partial charge in [0.15, 0.2) is 5.88 Å². The van der Waals surface area contributed by atoms with Gasteiger partial charge in [0.2, 0.25) is 0 Å². The fraction of sp³-hybridized carbons (Fsp3) is 0.222. The number of para-hydroxylation sites is 1. The summed E-state index contributed by atoms with van der Waals surface area (Å²) in [4.78, 5) is 15.1. The van der Waals surface area contributed by atoms with E-state index in [2.05, 4.69) is 11.9 Å². The van der Waals surface area contributed by atoms with Gasteiger partial charge in [-0.2, -0.15) is 0 Å². The second kappa shape index (κ2) is 10.5. The second-order valence-electron chi connectivity index (χ2n) is 8.09. The van der Waals surface area contributed by atoms with E-state index in [1.165, 1.54) is 0 Å². The molecule has 3 aromatic carbocycles. The Kier molecular flexibility index (Phi) is 7.20. The molecule has 0 aromatic heterocycles. The number of likely N-dealkylation sites (tertiary alicyclic amines) is 1. The summed E-state index contributed by atoms with van der Waals surface area (Å²) >= 11 is 6.07. The van der Waals surface area contributed by atoms with Crippen LogP contribution in [0.1, 0.15) is 27.9 Å². The third-order valence-corrected chi connectivity index (χ3v) is 5.81. The molecule has 1 heterocycles. The molecule has 5 nitrogen and oxygen atoms in total. The first-order chi connectivity index (χ1) is 16.0. The minimum absolute atomic E-state index is 0.0415. The number of hydrogen-bond acceptors (Lipinski definition) is 4. The van der Waals surface area contributed by atoms with Gasteiger partial charge in [-0.05, 0) is 55.3 Å². The first kappa shape index (κ1) is 22.7. The zero-order valence-electron chi connectivity index (χ0n) is 18.6. The van der Waals surface area contributed by atoms with Crippen LogP contribution < -0.4 is 14.8 Å². The van der Waals surface area contributed by atoms with Crippen LogP contribution in [-0.4, -0.2) is 29.9 Å². The van der Waals surface area contributed by atoms with Crippen LogP contribution in [0.4, 0.5) is 0 Å². The molecule has 1 unspecified atom stereocenters. The van der Waals surface area contributed by atoms with E-state index in [1.807, 2.05) is 78.6 Å². The number of rotatable bonds is 8. The topological polar surface area (TPSA) is 50.8 Å². The van der Waals surface area contributed by atoms with Crippen LogP contribution in [0.2, 0.25) is 5.02 Å². The Bertz CT molecular complexity index is 1130. The van der Waals surface area contributed by atoms with Crippen LogP contribution in [0.3, 0.4) is 0 Å². The van der Waals surface area contributed by atoms with Gasteiger partial charge in [-0.15, -0.1) is 0 Å². The lowest BCUT2D eigenvalue weighted by Gasteiger charge is -2.20. The van der Waals surface area contributed by atoms with Gasteiger partial charge < -0.3 is 19.7 Å². The number of benzene rings is 3. The van der Waals surface area contributed by atoms with Crippen molar-refractivity contribution in [2.24, 2.45) is 0 Å². The normalized spacial score (nSPS) is 15.2. The van der Waals surface area contributed by atoms with Crippen molar-refractivity contribution in [2.45, 2.75) is 26.0 Å². The average Bonchev–Trinajstić information content (AvgIpc) is 3.29. The molecule has 0 bridgehead atoms. The summed E-state index contributed by atoms with van der Waals surface area (Å²) in [6.07, 6.45) is 0.801. The molecule has 0 aliphatic carbocycles. The van der Waals surface area contributed by atoms with Crippen molar-refractivity contribution in [2.75, 3.05) is 13.1 Å². The fourth-order valence-electron chi connectivity index (χ4n) is 3.81. The molecule has 1 fully saturated rings. The highest BCUT2D eigenvalue weighted by Gasteiger charge is 2.29. The Morgan fingerprint density at radius 2 is 1.85 bits per heavy atom. The molecule has 170 valence electrons. The van der Waals surface area contributed by atoms with Crippen molar-refractivity contribution in [1.29, 1.82) is 0 Å². The van der Waals surface area contributed by atoms with Gasteiger partial charge >= 0.3 is 0 Å². The number of hydrogen-bond donors (Lipinski definition) is 1. The Morgan fingerprint density at radius 1 is 1.09 bits per heavy atom. The van der Waals surface area contributed by atoms with Crippen LogP contribution in [0.25, 0.3) is 0 Å². The molecular weight excluding hydrogens is 436 g/mol. The van der Waals surface area contributed by atoms with Crippen molar-refractivity contribution < 1.29 is 14.3 Å². The number of aryl methyl sites for hydroxylation is 1. The Morgan fingerprint density at radius 3 is 2.67 bits per heavy atom. The fourth-order valence-corrected chi connectivity index (χ4v) is 3.97. The molecule has 0 saturated carbocycles. The summed E-state index contributed by atoms with van der Waals surface area (Å²) in [6, 6.07) is 22.8. The van der Waals surface area contributed by atoms with Crippen molar-refractivity contribution in [3.05, 3.63) is 107 Å². The maximum atomic E-state index is 13.2. The summed E-state index contributed by atoms with van der Waals surface area (Å²) in [5.41, 5.74) is 2.59. The smallest absolute Gasteiger partial charge is 0.257 e. The lowest BCUT2D eigenvalue weighted by molar-refractivity contribution is 0.0784. The van der Waals surface area contributed by atoms with Crippen molar-refractivity contribution >= 4 is 17.5 Å². The molecule has 3 aromatic rings. The average molecular weight is 463 g/mol. The van der Waals surface area contributed by atoms with Crippen LogP contribution in [0.15, 0.2) is 85.3 Å². The molecule has 1 amide bonds. The zero-order valence-corrected chi connectivity index (χ0v) is 19.3. The van der Waals surface area contributed by atoms with Gasteiger partial charge in [0.05, 0.1) is 5.56 Å². The van der Waals surface area contributed by atoms with E-state index in [1.54, 1.807) is 6.07 Å². The molecule has 1 N–H and O–H groups in total. The Balaban J connectivity index is 1.35. The Labute approximate surface area is 199 Å². The number of nitrogens with zero attached hydrogens (tertiary/aromatic N) is 1. The van der Waals surface area contributed by atoms with Crippen LogP contribution >= 0.6 is 11.6 Å². The summed E-state index contributed by atoms with van der Waals surface area (Å²) in [7, 11) is 0. The lowest BCUT2D eigenvalue weighted by Crippen LogP contribution is -2.35. The predicted octanol–water partition coefficient (Wildman–Crippen LogP) is 5.58. The molecule has 0 spiro atoms. The largest absolute Gasteiger partial charge is 0.488 e. The minimum Gasteiger partial charge on any atom is -0.488 e. The van der Waals surface area contributed by atoms with Crippen LogP contribution in [0, 0.1) is 6.92 Å². The monoisotopic (exact) mass is 462 g/mol. The van der Waals surface area contributed by atoms with Gasteiger partial charge in [-0.25, -0.2) is 0 Å². The van der Waals surface area contributed by atoms with E-state index >= 15 is 0 Å². The zero-order chi connectivity index (χ0) is 23.2. The summed E-state index contributed by atoms with van der Waals surface area (Å²) in [6.45, 7) is 7.55. The third kappa shape index (κ3) is 5.88. The van der Waals surface area contributed by atoms with E-state index in [-0.39, 0.29) is 11.9 Å². The van der Waals surface area contributed by atoms with Gasteiger partial charge in [-0.3, -0.25) is 4.79 Å². The summed E-state index contributed by atoms with van der Waals surface area (Å²) < 4.78 is 11.8. The molecule has 4 rings (SSSR count). The Hall–Kier alpha value is -3.44. The van der Waals surface area contributed by atoms with Crippen molar-refractivity contribution in [1.82, 2.24) is 10.2 Å². The summed E-state index contributed by atoms with van der Waals surface area (Å²) in [5.74, 6) is 1.65. The number of halogens is 1. The van der Waals surface area contributed by atoms with E-state index in [9.17, 15) is 4.79 Å². The standard InChI is InChI=1S/C27H27ClN2O3/c1-19-12-13-22(28)16-26(19)33-20(2)29-23-14-15-30(17-23)27(31)24-10-6-7-11-25(24)32-18-21-8-4-3-5-9-21/h3-13,16,23,29H,2,14-15,17-18H2,1H3. The maximum absolute atomic E-state index is 13.2. The highest BCUT2D eigenvalue weighted by atomic mass is 35.5. The van der Waals surface area contributed by atoms with E-state index in [0.717, 1.165) is 17.5 Å².